The van der Waals surface area contributed by atoms with E-state index in [-0.39, 0.29) is 0 Å². The molecule has 0 radical (unpaired) electrons. The molecule has 1 aromatic carbocycles. The maximum Gasteiger partial charge on any atom is 0.223 e. The molecule has 3 aromatic heterocycles. The van der Waals surface area contributed by atoms with Crippen molar-refractivity contribution >= 4 is 21.9 Å². The number of nitrogens with zero attached hydrogens (tertiary/aromatic N) is 5. The lowest BCUT2D eigenvalue weighted by Crippen LogP contribution is -2.00. The Morgan fingerprint density at radius 2 is 2.05 bits per heavy atom. The van der Waals surface area contributed by atoms with E-state index in [2.05, 4.69) is 20.1 Å². The van der Waals surface area contributed by atoms with E-state index >= 15 is 0 Å². The number of pyridine rings is 1. The molecule has 0 aliphatic heterocycles. The van der Waals surface area contributed by atoms with Crippen LogP contribution in [0, 0.1) is 6.92 Å². The summed E-state index contributed by atoms with van der Waals surface area (Å²) in [7, 11) is 0. The lowest BCUT2D eigenvalue weighted by Gasteiger charge is -2.03. The molecule has 0 amide bonds. The van der Waals surface area contributed by atoms with Gasteiger partial charge in [-0.15, -0.1) is 0 Å². The second kappa shape index (κ2) is 4.12. The van der Waals surface area contributed by atoms with Crippen LogP contribution < -0.4 is 0 Å². The number of rotatable bonds is 2. The molecular weight excluding hydrogens is 254 g/mol. The van der Waals surface area contributed by atoms with Gasteiger partial charge in [-0.1, -0.05) is 23.4 Å². The molecule has 0 saturated heterocycles. The van der Waals surface area contributed by atoms with E-state index in [0.717, 1.165) is 21.9 Å². The maximum atomic E-state index is 5.01. The molecule has 4 rings (SSSR count). The van der Waals surface area contributed by atoms with Gasteiger partial charge in [0.1, 0.15) is 5.52 Å². The van der Waals surface area contributed by atoms with Gasteiger partial charge in [0, 0.05) is 12.3 Å². The fraction of sp³-hybridized carbons (Fsp3) is 0.143. The van der Waals surface area contributed by atoms with Gasteiger partial charge in [-0.25, -0.2) is 4.98 Å². The van der Waals surface area contributed by atoms with Gasteiger partial charge in [-0.05, 0) is 6.07 Å². The van der Waals surface area contributed by atoms with Crippen LogP contribution in [0.1, 0.15) is 11.7 Å². The average molecular weight is 265 g/mol. The summed E-state index contributed by atoms with van der Waals surface area (Å²) in [5.74, 6) is 1.21. The third-order valence-electron chi connectivity index (χ3n) is 3.23. The molecule has 0 spiro atoms. The van der Waals surface area contributed by atoms with Gasteiger partial charge in [0.2, 0.25) is 5.89 Å². The molecule has 0 fully saturated rings. The van der Waals surface area contributed by atoms with Gasteiger partial charge in [0.25, 0.3) is 0 Å². The Morgan fingerprint density at radius 3 is 2.90 bits per heavy atom. The minimum Gasteiger partial charge on any atom is -0.340 e. The number of para-hydroxylation sites is 1. The summed E-state index contributed by atoms with van der Waals surface area (Å²) in [6, 6.07) is 8.01. The van der Waals surface area contributed by atoms with Gasteiger partial charge in [0.05, 0.1) is 30.1 Å². The van der Waals surface area contributed by atoms with E-state index in [1.807, 2.05) is 28.8 Å². The van der Waals surface area contributed by atoms with Crippen molar-refractivity contribution in [2.75, 3.05) is 0 Å². The Hall–Kier alpha value is -2.76. The fourth-order valence-electron chi connectivity index (χ4n) is 2.38. The minimum absolute atomic E-state index is 0.530. The molecule has 3 heterocycles. The van der Waals surface area contributed by atoms with Crippen LogP contribution in [0.2, 0.25) is 0 Å². The smallest absolute Gasteiger partial charge is 0.223 e. The number of hydrogen-bond acceptors (Lipinski definition) is 5. The summed E-state index contributed by atoms with van der Waals surface area (Å²) >= 11 is 0. The zero-order valence-corrected chi connectivity index (χ0v) is 10.8. The molecule has 0 aliphatic carbocycles. The van der Waals surface area contributed by atoms with Crippen LogP contribution in [-0.4, -0.2) is 24.7 Å². The first-order valence-corrected chi connectivity index (χ1v) is 6.29. The predicted octanol–water partition coefficient (Wildman–Crippen LogP) is 2.32. The Kier molecular flexibility index (Phi) is 2.29. The number of fused-ring (bicyclic) bond motifs is 3. The first kappa shape index (κ1) is 11.1. The highest BCUT2D eigenvalue weighted by atomic mass is 16.5. The van der Waals surface area contributed by atoms with E-state index in [1.165, 1.54) is 0 Å². The number of aryl methyl sites for hydroxylation is 1. The highest BCUT2D eigenvalue weighted by Crippen LogP contribution is 2.22. The monoisotopic (exact) mass is 265 g/mol. The molecular formula is C14H11N5O. The zero-order chi connectivity index (χ0) is 13.5. The van der Waals surface area contributed by atoms with Crippen LogP contribution >= 0.6 is 0 Å². The van der Waals surface area contributed by atoms with E-state index in [1.54, 1.807) is 19.4 Å². The minimum atomic E-state index is 0.530. The molecule has 6 nitrogen and oxygen atoms in total. The molecule has 0 unspecified atom stereocenters. The molecule has 0 N–H and O–H groups in total. The van der Waals surface area contributed by atoms with Crippen LogP contribution in [0.25, 0.3) is 21.9 Å². The summed E-state index contributed by atoms with van der Waals surface area (Å²) in [5.41, 5.74) is 2.85. The van der Waals surface area contributed by atoms with Crippen LogP contribution in [0.4, 0.5) is 0 Å². The molecule has 98 valence electrons. The highest BCUT2D eigenvalue weighted by Gasteiger charge is 2.10. The van der Waals surface area contributed by atoms with Crippen molar-refractivity contribution in [2.45, 2.75) is 13.5 Å². The van der Waals surface area contributed by atoms with Gasteiger partial charge < -0.3 is 9.09 Å². The summed E-state index contributed by atoms with van der Waals surface area (Å²) in [6.07, 6.45) is 3.57. The second-order valence-corrected chi connectivity index (χ2v) is 4.61. The van der Waals surface area contributed by atoms with E-state index in [4.69, 9.17) is 4.52 Å². The normalized spacial score (nSPS) is 11.4. The van der Waals surface area contributed by atoms with Crippen LogP contribution in [0.3, 0.4) is 0 Å². The summed E-state index contributed by atoms with van der Waals surface area (Å²) in [6.45, 7) is 2.31. The van der Waals surface area contributed by atoms with E-state index in [9.17, 15) is 0 Å². The van der Waals surface area contributed by atoms with E-state index in [0.29, 0.717) is 18.3 Å². The summed E-state index contributed by atoms with van der Waals surface area (Å²) < 4.78 is 7.02. The number of hydrogen-bond donors (Lipinski definition) is 0. The standard InChI is InChI=1S/C14H11N5O/c1-9-17-13(18-20-9)7-19-8-16-12-6-15-11-5-3-2-4-10(11)14(12)19/h2-6,8H,7H2,1H3. The van der Waals surface area contributed by atoms with Gasteiger partial charge in [-0.3, -0.25) is 4.98 Å². The number of aromatic nitrogens is 5. The van der Waals surface area contributed by atoms with Crippen molar-refractivity contribution in [1.29, 1.82) is 0 Å². The van der Waals surface area contributed by atoms with Crippen molar-refractivity contribution < 1.29 is 4.52 Å². The highest BCUT2D eigenvalue weighted by molar-refractivity contribution is 6.01. The average Bonchev–Trinajstić information content (AvgIpc) is 3.06. The van der Waals surface area contributed by atoms with Crippen LogP contribution in [0.5, 0.6) is 0 Å². The van der Waals surface area contributed by atoms with Crippen molar-refractivity contribution in [3.63, 3.8) is 0 Å². The summed E-state index contributed by atoms with van der Waals surface area (Å²) in [5, 5.41) is 5.00. The number of benzene rings is 1. The first-order chi connectivity index (χ1) is 9.81. The summed E-state index contributed by atoms with van der Waals surface area (Å²) in [4.78, 5) is 13.0. The van der Waals surface area contributed by atoms with Crippen molar-refractivity contribution in [3.8, 4) is 0 Å². The lowest BCUT2D eigenvalue weighted by molar-refractivity contribution is 0.386. The Balaban J connectivity index is 1.93. The molecule has 0 atom stereocenters. The first-order valence-electron chi connectivity index (χ1n) is 6.29. The third-order valence-corrected chi connectivity index (χ3v) is 3.23. The van der Waals surface area contributed by atoms with E-state index < -0.39 is 0 Å². The van der Waals surface area contributed by atoms with Crippen molar-refractivity contribution in [2.24, 2.45) is 0 Å². The Morgan fingerprint density at radius 1 is 1.15 bits per heavy atom. The van der Waals surface area contributed by atoms with Gasteiger partial charge in [-0.2, -0.15) is 4.98 Å². The maximum absolute atomic E-state index is 5.01. The zero-order valence-electron chi connectivity index (χ0n) is 10.8. The molecule has 20 heavy (non-hydrogen) atoms. The second-order valence-electron chi connectivity index (χ2n) is 4.61. The van der Waals surface area contributed by atoms with Crippen LogP contribution in [-0.2, 0) is 6.54 Å². The predicted molar refractivity (Wildman–Crippen MR) is 73.2 cm³/mol. The third kappa shape index (κ3) is 1.65. The van der Waals surface area contributed by atoms with Crippen molar-refractivity contribution in [1.82, 2.24) is 24.7 Å². The fourth-order valence-corrected chi connectivity index (χ4v) is 2.38. The van der Waals surface area contributed by atoms with Gasteiger partial charge in [0.15, 0.2) is 5.82 Å². The molecule has 4 aromatic rings. The topological polar surface area (TPSA) is 69.6 Å². The SMILES string of the molecule is Cc1nc(Cn2cnc3cnc4ccccc4c32)no1. The lowest BCUT2D eigenvalue weighted by atomic mass is 10.2. The molecule has 0 saturated carbocycles. The molecule has 6 heteroatoms. The Bertz CT molecular complexity index is 908. The largest absolute Gasteiger partial charge is 0.340 e. The van der Waals surface area contributed by atoms with Gasteiger partial charge >= 0.3 is 0 Å². The Labute approximate surface area is 114 Å². The van der Waals surface area contributed by atoms with Crippen molar-refractivity contribution in [3.05, 3.63) is 48.5 Å². The van der Waals surface area contributed by atoms with Crippen LogP contribution in [0.15, 0.2) is 41.3 Å². The number of imidazole rings is 1. The quantitative estimate of drug-likeness (QED) is 0.556. The molecule has 0 aliphatic rings. The molecule has 0 bridgehead atoms.